The third kappa shape index (κ3) is 2.33. The molecular formula is C18H19NO5. The molecule has 1 atom stereocenters. The van der Waals surface area contributed by atoms with Crippen LogP contribution in [0.3, 0.4) is 0 Å². The van der Waals surface area contributed by atoms with Crippen LogP contribution in [0.5, 0.6) is 5.75 Å². The van der Waals surface area contributed by atoms with Crippen LogP contribution in [-0.2, 0) is 14.3 Å². The van der Waals surface area contributed by atoms with E-state index in [1.807, 2.05) is 25.1 Å². The summed E-state index contributed by atoms with van der Waals surface area (Å²) >= 11 is 0. The van der Waals surface area contributed by atoms with E-state index in [9.17, 15) is 9.59 Å². The van der Waals surface area contributed by atoms with Crippen molar-refractivity contribution in [2.75, 3.05) is 13.7 Å². The van der Waals surface area contributed by atoms with Crippen LogP contribution in [0.15, 0.2) is 18.2 Å². The molecule has 126 valence electrons. The number of fused-ring (bicyclic) bond motifs is 1. The lowest BCUT2D eigenvalue weighted by Crippen LogP contribution is -2.23. The van der Waals surface area contributed by atoms with Crippen molar-refractivity contribution in [2.45, 2.75) is 38.3 Å². The first-order valence-corrected chi connectivity index (χ1v) is 8.16. The summed E-state index contributed by atoms with van der Waals surface area (Å²) in [4.78, 5) is 24.3. The van der Waals surface area contributed by atoms with Crippen LogP contribution in [0.1, 0.15) is 41.4 Å². The molecule has 1 saturated heterocycles. The average molecular weight is 329 g/mol. The number of esters is 2. The standard InChI is InChI=1S/C18H19NO5/c1-10-16(18(21)24-15-7-8-23-17(15)20)13-9-12(22-2)5-6-14(13)19(10)11-3-4-11/h5-6,9,11,15H,3-4,7-8H2,1-2H3/t15-/m1/s1. The number of carbonyl (C=O) groups excluding carboxylic acids is 2. The van der Waals surface area contributed by atoms with Gasteiger partial charge in [0.1, 0.15) is 5.75 Å². The van der Waals surface area contributed by atoms with Gasteiger partial charge < -0.3 is 18.8 Å². The minimum Gasteiger partial charge on any atom is -0.497 e. The van der Waals surface area contributed by atoms with E-state index in [1.54, 1.807) is 7.11 Å². The summed E-state index contributed by atoms with van der Waals surface area (Å²) < 4.78 is 17.8. The summed E-state index contributed by atoms with van der Waals surface area (Å²) in [7, 11) is 1.60. The minimum atomic E-state index is -0.804. The monoisotopic (exact) mass is 329 g/mol. The van der Waals surface area contributed by atoms with Crippen molar-refractivity contribution in [3.8, 4) is 5.75 Å². The molecule has 4 rings (SSSR count). The van der Waals surface area contributed by atoms with E-state index in [0.717, 1.165) is 29.4 Å². The number of hydrogen-bond donors (Lipinski definition) is 0. The Labute approximate surface area is 139 Å². The van der Waals surface area contributed by atoms with Crippen LogP contribution < -0.4 is 4.74 Å². The van der Waals surface area contributed by atoms with E-state index in [2.05, 4.69) is 4.57 Å². The van der Waals surface area contributed by atoms with Crippen LogP contribution in [0, 0.1) is 6.92 Å². The summed E-state index contributed by atoms with van der Waals surface area (Å²) in [6, 6.07) is 6.15. The number of aromatic nitrogens is 1. The zero-order valence-corrected chi connectivity index (χ0v) is 13.7. The summed E-state index contributed by atoms with van der Waals surface area (Å²) in [5.41, 5.74) is 2.38. The Morgan fingerprint density at radius 2 is 2.08 bits per heavy atom. The molecule has 1 aliphatic heterocycles. The molecule has 2 aliphatic rings. The van der Waals surface area contributed by atoms with E-state index in [4.69, 9.17) is 14.2 Å². The van der Waals surface area contributed by atoms with Gasteiger partial charge in [0, 0.05) is 29.1 Å². The minimum absolute atomic E-state index is 0.299. The molecule has 0 spiro atoms. The molecule has 2 heterocycles. The number of nitrogens with zero attached hydrogens (tertiary/aromatic N) is 1. The maximum Gasteiger partial charge on any atom is 0.347 e. The quantitative estimate of drug-likeness (QED) is 0.807. The molecule has 0 bridgehead atoms. The topological polar surface area (TPSA) is 66.8 Å². The Balaban J connectivity index is 1.79. The Bertz CT molecular complexity index is 834. The number of rotatable bonds is 4. The molecule has 1 aliphatic carbocycles. The first-order chi connectivity index (χ1) is 11.6. The molecule has 24 heavy (non-hydrogen) atoms. The van der Waals surface area contributed by atoms with Gasteiger partial charge in [0.05, 0.1) is 19.3 Å². The van der Waals surface area contributed by atoms with Gasteiger partial charge in [0.25, 0.3) is 0 Å². The number of benzene rings is 1. The number of cyclic esters (lactones) is 1. The zero-order chi connectivity index (χ0) is 16.8. The van der Waals surface area contributed by atoms with E-state index in [1.165, 1.54) is 0 Å². The smallest absolute Gasteiger partial charge is 0.347 e. The number of carbonyl (C=O) groups is 2. The normalized spacial score (nSPS) is 20.2. The number of methoxy groups -OCH3 is 1. The fraction of sp³-hybridized carbons (Fsp3) is 0.444. The van der Waals surface area contributed by atoms with Crippen LogP contribution in [0.4, 0.5) is 0 Å². The number of hydrogen-bond acceptors (Lipinski definition) is 5. The third-order valence-electron chi connectivity index (χ3n) is 4.71. The Kier molecular flexibility index (Phi) is 3.48. The van der Waals surface area contributed by atoms with Crippen molar-refractivity contribution in [2.24, 2.45) is 0 Å². The van der Waals surface area contributed by atoms with Crippen molar-refractivity contribution in [3.05, 3.63) is 29.5 Å². The van der Waals surface area contributed by atoms with Gasteiger partial charge in [-0.05, 0) is 38.0 Å². The maximum absolute atomic E-state index is 12.8. The zero-order valence-electron chi connectivity index (χ0n) is 13.7. The van der Waals surface area contributed by atoms with Crippen LogP contribution in [0.2, 0.25) is 0 Å². The highest BCUT2D eigenvalue weighted by Crippen LogP contribution is 2.42. The number of ether oxygens (including phenoxy) is 3. The van der Waals surface area contributed by atoms with Crippen molar-refractivity contribution in [1.29, 1.82) is 0 Å². The molecular weight excluding hydrogens is 310 g/mol. The Morgan fingerprint density at radius 1 is 1.29 bits per heavy atom. The van der Waals surface area contributed by atoms with E-state index in [-0.39, 0.29) is 0 Å². The fourth-order valence-electron chi connectivity index (χ4n) is 3.38. The molecule has 2 fully saturated rings. The highest BCUT2D eigenvalue weighted by atomic mass is 16.6. The second-order valence-corrected chi connectivity index (χ2v) is 6.29. The molecule has 0 unspecified atom stereocenters. The first-order valence-electron chi connectivity index (χ1n) is 8.16. The van der Waals surface area contributed by atoms with Gasteiger partial charge in [0.2, 0.25) is 6.10 Å². The lowest BCUT2D eigenvalue weighted by Gasteiger charge is -2.09. The largest absolute Gasteiger partial charge is 0.497 e. The molecule has 6 heteroatoms. The highest BCUT2D eigenvalue weighted by molar-refractivity contribution is 6.07. The molecule has 1 saturated carbocycles. The predicted octanol–water partition coefficient (Wildman–Crippen LogP) is 2.77. The highest BCUT2D eigenvalue weighted by Gasteiger charge is 2.34. The Morgan fingerprint density at radius 3 is 2.71 bits per heavy atom. The average Bonchev–Trinajstić information content (AvgIpc) is 3.26. The van der Waals surface area contributed by atoms with E-state index < -0.39 is 18.0 Å². The van der Waals surface area contributed by atoms with Gasteiger partial charge in [-0.1, -0.05) is 0 Å². The molecule has 6 nitrogen and oxygen atoms in total. The molecule has 2 aromatic rings. The van der Waals surface area contributed by atoms with Gasteiger partial charge in [-0.2, -0.15) is 0 Å². The van der Waals surface area contributed by atoms with Gasteiger partial charge >= 0.3 is 11.9 Å². The van der Waals surface area contributed by atoms with Crippen molar-refractivity contribution < 1.29 is 23.8 Å². The lowest BCUT2D eigenvalue weighted by molar-refractivity contribution is -0.145. The van der Waals surface area contributed by atoms with Gasteiger partial charge in [-0.15, -0.1) is 0 Å². The maximum atomic E-state index is 12.8. The van der Waals surface area contributed by atoms with Gasteiger partial charge in [0.15, 0.2) is 0 Å². The molecule has 0 radical (unpaired) electrons. The van der Waals surface area contributed by atoms with Crippen molar-refractivity contribution in [1.82, 2.24) is 4.57 Å². The fourth-order valence-corrected chi connectivity index (χ4v) is 3.38. The summed E-state index contributed by atoms with van der Waals surface area (Å²) in [5, 5.41) is 0.801. The molecule has 1 aromatic heterocycles. The van der Waals surface area contributed by atoms with Gasteiger partial charge in [-0.25, -0.2) is 9.59 Å². The van der Waals surface area contributed by atoms with Crippen molar-refractivity contribution >= 4 is 22.8 Å². The predicted molar refractivity (Wildman–Crippen MR) is 86.3 cm³/mol. The first kappa shape index (κ1) is 15.1. The third-order valence-corrected chi connectivity index (χ3v) is 4.71. The SMILES string of the molecule is COc1ccc2c(c1)c(C(=O)O[C@@H]1CCOC1=O)c(C)n2C1CC1. The second kappa shape index (κ2) is 5.54. The summed E-state index contributed by atoms with van der Waals surface area (Å²) in [6.45, 7) is 2.22. The lowest BCUT2D eigenvalue weighted by atomic mass is 10.1. The molecule has 0 amide bonds. The molecule has 0 N–H and O–H groups in total. The van der Waals surface area contributed by atoms with Crippen molar-refractivity contribution in [3.63, 3.8) is 0 Å². The summed E-state index contributed by atoms with van der Waals surface area (Å²) in [6.07, 6.45) is 1.83. The summed E-state index contributed by atoms with van der Waals surface area (Å²) in [5.74, 6) is -0.261. The van der Waals surface area contributed by atoms with Gasteiger partial charge in [-0.3, -0.25) is 0 Å². The van der Waals surface area contributed by atoms with E-state index >= 15 is 0 Å². The molecule has 1 aromatic carbocycles. The van der Waals surface area contributed by atoms with Crippen LogP contribution >= 0.6 is 0 Å². The Hall–Kier alpha value is -2.50. The van der Waals surface area contributed by atoms with E-state index in [0.29, 0.717) is 30.4 Å². The van der Waals surface area contributed by atoms with Crippen LogP contribution in [0.25, 0.3) is 10.9 Å². The second-order valence-electron chi connectivity index (χ2n) is 6.29. The van der Waals surface area contributed by atoms with Crippen LogP contribution in [-0.4, -0.2) is 36.3 Å².